The number of nitrogens with zero attached hydrogens (tertiary/aromatic N) is 4. The van der Waals surface area contributed by atoms with Gasteiger partial charge in [-0.2, -0.15) is 5.10 Å². The van der Waals surface area contributed by atoms with Gasteiger partial charge in [0.25, 0.3) is 0 Å². The monoisotopic (exact) mass is 570 g/mol. The molecule has 0 aliphatic carbocycles. The first kappa shape index (κ1) is 29.0. The van der Waals surface area contributed by atoms with Gasteiger partial charge in [-0.3, -0.25) is 23.9 Å². The van der Waals surface area contributed by atoms with E-state index in [0.29, 0.717) is 24.2 Å². The van der Waals surface area contributed by atoms with Gasteiger partial charge < -0.3 is 20.4 Å². The van der Waals surface area contributed by atoms with Crippen LogP contribution < -0.4 is 10.6 Å². The topological polar surface area (TPSA) is 117 Å². The fraction of sp³-hybridized carbons (Fsp3) is 0.406. The van der Waals surface area contributed by atoms with Gasteiger partial charge in [0.1, 0.15) is 0 Å². The minimum Gasteiger partial charge on any atom is -0.339 e. The first-order chi connectivity index (χ1) is 20.2. The van der Waals surface area contributed by atoms with E-state index < -0.39 is 0 Å². The summed E-state index contributed by atoms with van der Waals surface area (Å²) < 4.78 is 1.82. The number of hydrogen-bond acceptors (Lipinski definition) is 5. The van der Waals surface area contributed by atoms with Gasteiger partial charge in [0.05, 0.1) is 11.4 Å². The van der Waals surface area contributed by atoms with Crippen LogP contribution in [0.5, 0.6) is 0 Å². The second-order valence-corrected chi connectivity index (χ2v) is 11.2. The minimum atomic E-state index is -0.0998. The maximum Gasteiger partial charge on any atom is 0.226 e. The number of benzene rings is 2. The van der Waals surface area contributed by atoms with Gasteiger partial charge in [-0.15, -0.1) is 0 Å². The molecule has 220 valence electrons. The Balaban J connectivity index is 1.18. The molecule has 2 aliphatic rings. The van der Waals surface area contributed by atoms with E-state index in [9.17, 15) is 19.2 Å². The Bertz CT molecular complexity index is 1460. The Morgan fingerprint density at radius 1 is 0.738 bits per heavy atom. The van der Waals surface area contributed by atoms with Crippen molar-refractivity contribution in [1.29, 1.82) is 0 Å². The van der Waals surface area contributed by atoms with Crippen molar-refractivity contribution in [3.8, 4) is 22.5 Å². The molecule has 2 aliphatic heterocycles. The Labute approximate surface area is 246 Å². The first-order valence-corrected chi connectivity index (χ1v) is 14.6. The predicted molar refractivity (Wildman–Crippen MR) is 161 cm³/mol. The number of aryl methyl sites for hydroxylation is 1. The third kappa shape index (κ3) is 6.70. The zero-order chi connectivity index (χ0) is 29.8. The van der Waals surface area contributed by atoms with E-state index in [0.717, 1.165) is 61.3 Å². The molecule has 2 atom stereocenters. The Morgan fingerprint density at radius 2 is 1.19 bits per heavy atom. The quantitative estimate of drug-likeness (QED) is 0.416. The Kier molecular flexibility index (Phi) is 8.70. The molecule has 3 aromatic rings. The van der Waals surface area contributed by atoms with Crippen LogP contribution in [-0.2, 0) is 26.2 Å². The number of likely N-dealkylation sites (tertiary alicyclic amines) is 2. The number of nitrogens with one attached hydrogen (secondary N) is 2. The van der Waals surface area contributed by atoms with Gasteiger partial charge in [0.15, 0.2) is 0 Å². The van der Waals surface area contributed by atoms with Crippen LogP contribution in [-0.4, -0.2) is 68.4 Å². The molecule has 10 heteroatoms. The van der Waals surface area contributed by atoms with Crippen molar-refractivity contribution in [3.05, 3.63) is 54.6 Å². The molecule has 2 saturated heterocycles. The van der Waals surface area contributed by atoms with Gasteiger partial charge in [-0.25, -0.2) is 0 Å². The lowest BCUT2D eigenvalue weighted by atomic mass is 10.1. The van der Waals surface area contributed by atoms with E-state index in [-0.39, 0.29) is 35.7 Å². The number of rotatable bonds is 8. The van der Waals surface area contributed by atoms with Gasteiger partial charge in [-0.05, 0) is 61.6 Å². The second kappa shape index (κ2) is 12.6. The largest absolute Gasteiger partial charge is 0.339 e. The Morgan fingerprint density at radius 3 is 1.64 bits per heavy atom. The number of aromatic nitrogens is 2. The molecule has 2 aromatic carbocycles. The van der Waals surface area contributed by atoms with Crippen LogP contribution in [0.1, 0.15) is 52.4 Å². The first-order valence-electron chi connectivity index (χ1n) is 14.6. The van der Waals surface area contributed by atoms with Gasteiger partial charge in [0.2, 0.25) is 23.6 Å². The summed E-state index contributed by atoms with van der Waals surface area (Å²) in [6.07, 6.45) is 4.17. The molecule has 0 saturated carbocycles. The fourth-order valence-corrected chi connectivity index (χ4v) is 6.10. The van der Waals surface area contributed by atoms with E-state index in [1.807, 2.05) is 66.3 Å². The number of amides is 4. The summed E-state index contributed by atoms with van der Waals surface area (Å²) in [6, 6.07) is 17.2. The molecule has 1 aromatic heterocycles. The third-order valence-electron chi connectivity index (χ3n) is 8.21. The zero-order valence-corrected chi connectivity index (χ0v) is 24.4. The van der Waals surface area contributed by atoms with Crippen molar-refractivity contribution in [2.24, 2.45) is 7.05 Å². The molecule has 42 heavy (non-hydrogen) atoms. The van der Waals surface area contributed by atoms with Crippen LogP contribution in [0, 0.1) is 0 Å². The van der Waals surface area contributed by atoms with Crippen molar-refractivity contribution in [2.45, 2.75) is 64.5 Å². The summed E-state index contributed by atoms with van der Waals surface area (Å²) in [5.41, 5.74) is 5.02. The molecule has 3 heterocycles. The molecule has 0 radical (unpaired) electrons. The van der Waals surface area contributed by atoms with Crippen molar-refractivity contribution in [2.75, 3.05) is 23.7 Å². The van der Waals surface area contributed by atoms with E-state index in [1.165, 1.54) is 0 Å². The highest BCUT2D eigenvalue weighted by Gasteiger charge is 2.29. The van der Waals surface area contributed by atoms with E-state index in [1.54, 1.807) is 23.6 Å². The summed E-state index contributed by atoms with van der Waals surface area (Å²) in [5.74, 6) is -0.159. The molecule has 5 rings (SSSR count). The maximum atomic E-state index is 12.6. The fourth-order valence-electron chi connectivity index (χ4n) is 6.10. The summed E-state index contributed by atoms with van der Waals surface area (Å²) >= 11 is 0. The van der Waals surface area contributed by atoms with Crippen LogP contribution in [0.4, 0.5) is 11.4 Å². The molecule has 2 fully saturated rings. The van der Waals surface area contributed by atoms with Crippen molar-refractivity contribution in [1.82, 2.24) is 19.6 Å². The van der Waals surface area contributed by atoms with Crippen LogP contribution in [0.15, 0.2) is 54.6 Å². The number of hydrogen-bond donors (Lipinski definition) is 2. The van der Waals surface area contributed by atoms with Crippen LogP contribution >= 0.6 is 0 Å². The molecule has 0 unspecified atom stereocenters. The molecule has 10 nitrogen and oxygen atoms in total. The average molecular weight is 571 g/mol. The molecule has 2 N–H and O–H groups in total. The highest BCUT2D eigenvalue weighted by atomic mass is 16.2. The summed E-state index contributed by atoms with van der Waals surface area (Å²) in [4.78, 5) is 52.3. The predicted octanol–water partition coefficient (Wildman–Crippen LogP) is 4.43. The standard InChI is InChI=1S/C32H38N6O4/c1-21(39)37-16-4-6-27(37)18-31(41)33-25-12-8-23(9-13-25)29-20-30(36(3)35-29)24-10-14-26(15-11-24)34-32(42)19-28-7-5-17-38(28)22(2)40/h8-15,20,27-28H,4-7,16-19H2,1-3H3,(H,33,41)(H,34,42)/t27-,28-/m0/s1. The van der Waals surface area contributed by atoms with Gasteiger partial charge in [-0.1, -0.05) is 24.3 Å². The summed E-state index contributed by atoms with van der Waals surface area (Å²) in [7, 11) is 1.89. The lowest BCUT2D eigenvalue weighted by molar-refractivity contribution is -0.131. The summed E-state index contributed by atoms with van der Waals surface area (Å²) in [6.45, 7) is 4.54. The number of carbonyl (C=O) groups excluding carboxylic acids is 4. The zero-order valence-electron chi connectivity index (χ0n) is 24.4. The number of anilines is 2. The lowest BCUT2D eigenvalue weighted by Crippen LogP contribution is -2.36. The lowest BCUT2D eigenvalue weighted by Gasteiger charge is -2.22. The van der Waals surface area contributed by atoms with Crippen molar-refractivity contribution < 1.29 is 19.2 Å². The average Bonchev–Trinajstić information content (AvgIpc) is 3.70. The van der Waals surface area contributed by atoms with Crippen LogP contribution in [0.25, 0.3) is 22.5 Å². The van der Waals surface area contributed by atoms with Crippen LogP contribution in [0.2, 0.25) is 0 Å². The Hall–Kier alpha value is -4.47. The highest BCUT2D eigenvalue weighted by Crippen LogP contribution is 2.28. The van der Waals surface area contributed by atoms with E-state index in [2.05, 4.69) is 15.7 Å². The molecule has 0 bridgehead atoms. The van der Waals surface area contributed by atoms with E-state index in [4.69, 9.17) is 0 Å². The minimum absolute atomic E-state index is 0.0184. The van der Waals surface area contributed by atoms with Crippen molar-refractivity contribution >= 4 is 35.0 Å². The highest BCUT2D eigenvalue weighted by molar-refractivity contribution is 5.92. The molecule has 4 amide bonds. The molecule has 0 spiro atoms. The SMILES string of the molecule is CC(=O)N1CCC[C@H]1CC(=O)Nc1ccc(-c2cc(-c3ccc(NC(=O)C[C@@H]4CCCN4C(C)=O)cc3)n(C)n2)cc1. The summed E-state index contributed by atoms with van der Waals surface area (Å²) in [5, 5.41) is 10.6. The third-order valence-corrected chi connectivity index (χ3v) is 8.21. The van der Waals surface area contributed by atoms with Crippen LogP contribution in [0.3, 0.4) is 0 Å². The normalized spacial score (nSPS) is 18.3. The molecular formula is C32H38N6O4. The van der Waals surface area contributed by atoms with E-state index >= 15 is 0 Å². The second-order valence-electron chi connectivity index (χ2n) is 11.2. The smallest absolute Gasteiger partial charge is 0.226 e. The maximum absolute atomic E-state index is 12.6. The molecular weight excluding hydrogens is 532 g/mol. The van der Waals surface area contributed by atoms with Gasteiger partial charge >= 0.3 is 0 Å². The number of carbonyl (C=O) groups is 4. The van der Waals surface area contributed by atoms with Crippen molar-refractivity contribution in [3.63, 3.8) is 0 Å². The van der Waals surface area contributed by atoms with Gasteiger partial charge in [0, 0.05) is 75.8 Å².